The molecule has 0 N–H and O–H groups in total. The Bertz CT molecular complexity index is 494. The average molecular weight is 267 g/mol. The van der Waals surface area contributed by atoms with E-state index in [9.17, 15) is 13.6 Å². The molecule has 5 heteroatoms. The van der Waals surface area contributed by atoms with Crippen LogP contribution in [0.25, 0.3) is 0 Å². The van der Waals surface area contributed by atoms with Gasteiger partial charge in [-0.1, -0.05) is 18.7 Å². The van der Waals surface area contributed by atoms with E-state index in [4.69, 9.17) is 4.74 Å². The van der Waals surface area contributed by atoms with Gasteiger partial charge in [0.1, 0.15) is 11.9 Å². The van der Waals surface area contributed by atoms with E-state index in [2.05, 4.69) is 6.58 Å². The molecule has 1 aromatic carbocycles. The number of hydrogen-bond acceptors (Lipinski definition) is 2. The van der Waals surface area contributed by atoms with Crippen molar-refractivity contribution in [1.29, 1.82) is 0 Å². The van der Waals surface area contributed by atoms with Gasteiger partial charge in [0.25, 0.3) is 11.8 Å². The maximum Gasteiger partial charge on any atom is 0.282 e. The number of likely N-dealkylation sites (tertiary alicyclic amines) is 1. The van der Waals surface area contributed by atoms with Crippen LogP contribution in [0.5, 0.6) is 5.75 Å². The summed E-state index contributed by atoms with van der Waals surface area (Å²) in [5.41, 5.74) is 0.351. The third-order valence-electron chi connectivity index (χ3n) is 2.87. The van der Waals surface area contributed by atoms with Crippen molar-refractivity contribution in [3.05, 3.63) is 42.5 Å². The fourth-order valence-electron chi connectivity index (χ4n) is 1.80. The molecule has 0 aromatic heterocycles. The molecular formula is C14H15F2NO2. The summed E-state index contributed by atoms with van der Waals surface area (Å²) in [7, 11) is 0. The second-order valence-corrected chi connectivity index (χ2v) is 4.60. The molecule has 1 saturated heterocycles. The number of hydrogen-bond donors (Lipinski definition) is 0. The average Bonchev–Trinajstić information content (AvgIpc) is 2.35. The smallest absolute Gasteiger partial charge is 0.282 e. The first-order valence-electron chi connectivity index (χ1n) is 5.98. The van der Waals surface area contributed by atoms with Gasteiger partial charge in [-0.15, -0.1) is 0 Å². The standard InChI is InChI=1S/C14H15F2NO2/c1-3-10(2)19-12-6-4-5-11(7-12)13(18)17-8-14(15,16)9-17/h3-7,10H,1,8-9H2,2H3. The molecule has 0 saturated carbocycles. The van der Waals surface area contributed by atoms with E-state index in [1.807, 2.05) is 6.92 Å². The Balaban J connectivity index is 2.06. The molecule has 1 fully saturated rings. The predicted molar refractivity (Wildman–Crippen MR) is 67.6 cm³/mol. The molecule has 1 aliphatic heterocycles. The molecular weight excluding hydrogens is 252 g/mol. The van der Waals surface area contributed by atoms with E-state index in [0.29, 0.717) is 11.3 Å². The van der Waals surface area contributed by atoms with Gasteiger partial charge < -0.3 is 9.64 Å². The predicted octanol–water partition coefficient (Wildman–Crippen LogP) is 2.73. The van der Waals surface area contributed by atoms with E-state index < -0.39 is 24.9 Å². The summed E-state index contributed by atoms with van der Waals surface area (Å²) in [5, 5.41) is 0. The normalized spacial score (nSPS) is 18.4. The van der Waals surface area contributed by atoms with Crippen molar-refractivity contribution in [1.82, 2.24) is 4.90 Å². The molecule has 1 heterocycles. The van der Waals surface area contributed by atoms with Gasteiger partial charge in [0, 0.05) is 5.56 Å². The maximum absolute atomic E-state index is 12.7. The van der Waals surface area contributed by atoms with E-state index in [0.717, 1.165) is 4.90 Å². The van der Waals surface area contributed by atoms with E-state index >= 15 is 0 Å². The molecule has 2 rings (SSSR count). The lowest BCUT2D eigenvalue weighted by Gasteiger charge is -2.38. The molecule has 0 spiro atoms. The Kier molecular flexibility index (Phi) is 3.55. The third-order valence-corrected chi connectivity index (χ3v) is 2.87. The van der Waals surface area contributed by atoms with Crippen molar-refractivity contribution >= 4 is 5.91 Å². The minimum atomic E-state index is -2.75. The lowest BCUT2D eigenvalue weighted by molar-refractivity contribution is -0.113. The number of amides is 1. The molecule has 102 valence electrons. The summed E-state index contributed by atoms with van der Waals surface area (Å²) < 4.78 is 31.0. The number of carbonyl (C=O) groups excluding carboxylic acids is 1. The lowest BCUT2D eigenvalue weighted by Crippen LogP contribution is -2.58. The number of benzene rings is 1. The van der Waals surface area contributed by atoms with E-state index in [1.165, 1.54) is 0 Å². The van der Waals surface area contributed by atoms with E-state index in [-0.39, 0.29) is 6.10 Å². The van der Waals surface area contributed by atoms with Gasteiger partial charge in [-0.3, -0.25) is 4.79 Å². The van der Waals surface area contributed by atoms with Crippen molar-refractivity contribution in [2.45, 2.75) is 19.0 Å². The maximum atomic E-state index is 12.7. The number of ether oxygens (including phenoxy) is 1. The van der Waals surface area contributed by atoms with Crippen LogP contribution in [0, 0.1) is 0 Å². The van der Waals surface area contributed by atoms with Crippen LogP contribution in [0.15, 0.2) is 36.9 Å². The first-order valence-corrected chi connectivity index (χ1v) is 5.98. The summed E-state index contributed by atoms with van der Waals surface area (Å²) in [6.07, 6.45) is 1.45. The molecule has 1 atom stereocenters. The second kappa shape index (κ2) is 4.99. The fraction of sp³-hybridized carbons (Fsp3) is 0.357. The number of rotatable bonds is 4. The molecule has 1 amide bonds. The third kappa shape index (κ3) is 3.10. The van der Waals surface area contributed by atoms with Crippen molar-refractivity contribution < 1.29 is 18.3 Å². The Morgan fingerprint density at radius 1 is 1.53 bits per heavy atom. The zero-order valence-electron chi connectivity index (χ0n) is 10.6. The van der Waals surface area contributed by atoms with Gasteiger partial charge in [0.2, 0.25) is 0 Å². The topological polar surface area (TPSA) is 29.5 Å². The van der Waals surface area contributed by atoms with Gasteiger partial charge in [-0.25, -0.2) is 8.78 Å². The quantitative estimate of drug-likeness (QED) is 0.785. The highest BCUT2D eigenvalue weighted by Gasteiger charge is 2.46. The highest BCUT2D eigenvalue weighted by Crippen LogP contribution is 2.28. The minimum absolute atomic E-state index is 0.182. The number of halogens is 2. The zero-order valence-corrected chi connectivity index (χ0v) is 10.6. The van der Waals surface area contributed by atoms with Crippen molar-refractivity contribution in [2.75, 3.05) is 13.1 Å². The molecule has 0 aliphatic carbocycles. The molecule has 1 unspecified atom stereocenters. The van der Waals surface area contributed by atoms with Crippen LogP contribution in [0.2, 0.25) is 0 Å². The molecule has 1 aromatic rings. The van der Waals surface area contributed by atoms with Crippen LogP contribution in [-0.4, -0.2) is 35.9 Å². The molecule has 0 bridgehead atoms. The Labute approximate surface area is 110 Å². The first kappa shape index (κ1) is 13.5. The van der Waals surface area contributed by atoms with Crippen LogP contribution in [0.1, 0.15) is 17.3 Å². The Hall–Kier alpha value is -1.91. The molecule has 3 nitrogen and oxygen atoms in total. The van der Waals surface area contributed by atoms with Crippen LogP contribution in [-0.2, 0) is 0 Å². The minimum Gasteiger partial charge on any atom is -0.487 e. The van der Waals surface area contributed by atoms with Crippen LogP contribution in [0.4, 0.5) is 8.78 Å². The van der Waals surface area contributed by atoms with Gasteiger partial charge in [0.05, 0.1) is 13.1 Å². The monoisotopic (exact) mass is 267 g/mol. The number of nitrogens with zero attached hydrogens (tertiary/aromatic N) is 1. The second-order valence-electron chi connectivity index (χ2n) is 4.60. The first-order chi connectivity index (χ1) is 8.91. The Morgan fingerprint density at radius 2 is 2.21 bits per heavy atom. The summed E-state index contributed by atoms with van der Waals surface area (Å²) in [5.74, 6) is -2.63. The molecule has 0 radical (unpaired) electrons. The van der Waals surface area contributed by atoms with Crippen LogP contribution in [0.3, 0.4) is 0 Å². The Morgan fingerprint density at radius 3 is 2.79 bits per heavy atom. The van der Waals surface area contributed by atoms with Gasteiger partial charge in [-0.05, 0) is 25.1 Å². The molecule has 1 aliphatic rings. The summed E-state index contributed by atoms with van der Waals surface area (Å²) in [4.78, 5) is 13.1. The van der Waals surface area contributed by atoms with Gasteiger partial charge in [-0.2, -0.15) is 0 Å². The van der Waals surface area contributed by atoms with Gasteiger partial charge in [0.15, 0.2) is 0 Å². The van der Waals surface area contributed by atoms with Crippen molar-refractivity contribution in [3.63, 3.8) is 0 Å². The lowest BCUT2D eigenvalue weighted by atomic mass is 10.1. The molecule has 19 heavy (non-hydrogen) atoms. The van der Waals surface area contributed by atoms with Gasteiger partial charge >= 0.3 is 0 Å². The highest BCUT2D eigenvalue weighted by atomic mass is 19.3. The van der Waals surface area contributed by atoms with Crippen molar-refractivity contribution in [3.8, 4) is 5.75 Å². The summed E-state index contributed by atoms with van der Waals surface area (Å²) >= 11 is 0. The highest BCUT2D eigenvalue weighted by molar-refractivity contribution is 5.95. The zero-order chi connectivity index (χ0) is 14.0. The SMILES string of the molecule is C=CC(C)Oc1cccc(C(=O)N2CC(F)(F)C2)c1. The van der Waals surface area contributed by atoms with Crippen LogP contribution >= 0.6 is 0 Å². The fourth-order valence-corrected chi connectivity index (χ4v) is 1.80. The summed E-state index contributed by atoms with van der Waals surface area (Å²) in [6, 6.07) is 6.51. The largest absolute Gasteiger partial charge is 0.487 e. The van der Waals surface area contributed by atoms with Crippen LogP contribution < -0.4 is 4.74 Å². The summed E-state index contributed by atoms with van der Waals surface area (Å²) in [6.45, 7) is 4.39. The number of alkyl halides is 2. The number of carbonyl (C=O) groups is 1. The van der Waals surface area contributed by atoms with E-state index in [1.54, 1.807) is 30.3 Å². The van der Waals surface area contributed by atoms with Crippen molar-refractivity contribution in [2.24, 2.45) is 0 Å².